The van der Waals surface area contributed by atoms with Gasteiger partial charge in [0.05, 0.1) is 28.3 Å². The number of nitrogens with zero attached hydrogens (tertiary/aromatic N) is 1. The lowest BCUT2D eigenvalue weighted by Crippen LogP contribution is -2.38. The summed E-state index contributed by atoms with van der Waals surface area (Å²) in [5.74, 6) is -0.129. The van der Waals surface area contributed by atoms with Crippen LogP contribution in [0, 0.1) is 6.92 Å². The van der Waals surface area contributed by atoms with E-state index in [0.717, 1.165) is 4.31 Å². The van der Waals surface area contributed by atoms with E-state index in [1.165, 1.54) is 55.6 Å². The van der Waals surface area contributed by atoms with E-state index in [-0.39, 0.29) is 15.5 Å². The molecule has 0 aliphatic carbocycles. The molecule has 40 heavy (non-hydrogen) atoms. The Morgan fingerprint density at radius 1 is 0.825 bits per heavy atom. The first-order valence-corrected chi connectivity index (χ1v) is 15.2. The third kappa shape index (κ3) is 6.56. The molecule has 4 rings (SSSR count). The molecule has 4 aromatic carbocycles. The molecule has 0 heterocycles. The zero-order valence-electron chi connectivity index (χ0n) is 21.5. The highest BCUT2D eigenvalue weighted by molar-refractivity contribution is 7.93. The van der Waals surface area contributed by atoms with Gasteiger partial charge in [0.1, 0.15) is 12.3 Å². The molecule has 0 unspecified atom stereocenters. The van der Waals surface area contributed by atoms with E-state index >= 15 is 0 Å². The minimum absolute atomic E-state index is 0.0121. The van der Waals surface area contributed by atoms with Gasteiger partial charge in [-0.15, -0.1) is 0 Å². The molecule has 0 fully saturated rings. The van der Waals surface area contributed by atoms with Gasteiger partial charge in [0.2, 0.25) is 5.91 Å². The number of amides is 1. The van der Waals surface area contributed by atoms with Crippen molar-refractivity contribution in [1.82, 2.24) is 0 Å². The molecule has 4 aromatic rings. The number of rotatable bonds is 10. The van der Waals surface area contributed by atoms with Gasteiger partial charge in [0.15, 0.2) is 0 Å². The number of hydrogen-bond donors (Lipinski definition) is 2. The predicted octanol–water partition coefficient (Wildman–Crippen LogP) is 5.29. The molecular formula is C28H26ClN3O6S2. The monoisotopic (exact) mass is 599 g/mol. The van der Waals surface area contributed by atoms with Crippen molar-refractivity contribution in [1.29, 1.82) is 0 Å². The van der Waals surface area contributed by atoms with Crippen LogP contribution in [0.3, 0.4) is 0 Å². The Kier molecular flexibility index (Phi) is 8.67. The van der Waals surface area contributed by atoms with E-state index in [1.807, 2.05) is 0 Å². The van der Waals surface area contributed by atoms with Gasteiger partial charge in [-0.1, -0.05) is 35.9 Å². The van der Waals surface area contributed by atoms with Crippen molar-refractivity contribution in [2.75, 3.05) is 28.0 Å². The van der Waals surface area contributed by atoms with Crippen molar-refractivity contribution in [2.45, 2.75) is 16.7 Å². The van der Waals surface area contributed by atoms with Crippen molar-refractivity contribution in [3.63, 3.8) is 0 Å². The molecule has 12 heteroatoms. The molecule has 2 N–H and O–H groups in total. The van der Waals surface area contributed by atoms with Gasteiger partial charge >= 0.3 is 0 Å². The summed E-state index contributed by atoms with van der Waals surface area (Å²) in [5, 5.41) is 3.06. The summed E-state index contributed by atoms with van der Waals surface area (Å²) in [6.07, 6.45) is 0. The average Bonchev–Trinajstić information content (AvgIpc) is 2.95. The molecule has 0 radical (unpaired) electrons. The largest absolute Gasteiger partial charge is 0.497 e. The van der Waals surface area contributed by atoms with Gasteiger partial charge in [-0.05, 0) is 85.3 Å². The number of carbonyl (C=O) groups excluding carboxylic acids is 1. The summed E-state index contributed by atoms with van der Waals surface area (Å²) in [7, 11) is -6.56. The second kappa shape index (κ2) is 12.0. The van der Waals surface area contributed by atoms with Crippen molar-refractivity contribution in [3.05, 3.63) is 108 Å². The fraction of sp³-hybridized carbons (Fsp3) is 0.107. The van der Waals surface area contributed by atoms with Crippen molar-refractivity contribution in [3.8, 4) is 5.75 Å². The van der Waals surface area contributed by atoms with E-state index in [0.29, 0.717) is 27.7 Å². The van der Waals surface area contributed by atoms with Crippen LogP contribution in [-0.2, 0) is 24.8 Å². The Bertz CT molecular complexity index is 1710. The average molecular weight is 600 g/mol. The molecule has 0 spiro atoms. The molecule has 0 atom stereocenters. The SMILES string of the molecule is COc1ccc(S(=O)(=O)N(CC(=O)Nc2ccc(S(=O)(=O)Nc3cccc(Cl)c3C)cc2)c2ccccc2)cc1. The summed E-state index contributed by atoms with van der Waals surface area (Å²) < 4.78 is 61.3. The smallest absolute Gasteiger partial charge is 0.264 e. The maximum absolute atomic E-state index is 13.5. The lowest BCUT2D eigenvalue weighted by atomic mass is 10.2. The minimum Gasteiger partial charge on any atom is -0.497 e. The fourth-order valence-electron chi connectivity index (χ4n) is 3.75. The van der Waals surface area contributed by atoms with Gasteiger partial charge in [-0.3, -0.25) is 13.8 Å². The zero-order valence-corrected chi connectivity index (χ0v) is 23.9. The van der Waals surface area contributed by atoms with Gasteiger partial charge < -0.3 is 10.1 Å². The topological polar surface area (TPSA) is 122 Å². The summed E-state index contributed by atoms with van der Waals surface area (Å²) in [6, 6.07) is 24.5. The summed E-state index contributed by atoms with van der Waals surface area (Å²) >= 11 is 6.09. The van der Waals surface area contributed by atoms with E-state index in [2.05, 4.69) is 10.0 Å². The van der Waals surface area contributed by atoms with E-state index in [4.69, 9.17) is 16.3 Å². The third-order valence-corrected chi connectivity index (χ3v) is 9.52. The second-order valence-electron chi connectivity index (χ2n) is 8.61. The van der Waals surface area contributed by atoms with Gasteiger partial charge in [0, 0.05) is 10.7 Å². The second-order valence-corrected chi connectivity index (χ2v) is 12.6. The quantitative estimate of drug-likeness (QED) is 0.255. The predicted molar refractivity (Wildman–Crippen MR) is 156 cm³/mol. The normalized spacial score (nSPS) is 11.5. The number of ether oxygens (including phenoxy) is 1. The van der Waals surface area contributed by atoms with Crippen molar-refractivity contribution < 1.29 is 26.4 Å². The van der Waals surface area contributed by atoms with Crippen LogP contribution in [0.25, 0.3) is 0 Å². The van der Waals surface area contributed by atoms with Crippen molar-refractivity contribution >= 4 is 54.6 Å². The summed E-state index contributed by atoms with van der Waals surface area (Å²) in [4.78, 5) is 12.9. The first-order chi connectivity index (χ1) is 19.0. The maximum atomic E-state index is 13.5. The van der Waals surface area contributed by atoms with E-state index < -0.39 is 32.5 Å². The number of para-hydroxylation sites is 1. The van der Waals surface area contributed by atoms with Crippen LogP contribution >= 0.6 is 11.6 Å². The molecule has 1 amide bonds. The summed E-state index contributed by atoms with van der Waals surface area (Å²) in [6.45, 7) is 1.18. The van der Waals surface area contributed by atoms with E-state index in [1.54, 1.807) is 55.5 Å². The first kappa shape index (κ1) is 28.9. The number of carbonyl (C=O) groups is 1. The Labute approximate surface area is 238 Å². The number of sulfonamides is 2. The van der Waals surface area contributed by atoms with Gasteiger partial charge in [0.25, 0.3) is 20.0 Å². The first-order valence-electron chi connectivity index (χ1n) is 11.9. The van der Waals surface area contributed by atoms with Crippen LogP contribution in [0.1, 0.15) is 5.56 Å². The molecule has 0 aromatic heterocycles. The number of hydrogen-bond acceptors (Lipinski definition) is 6. The molecule has 0 aliphatic heterocycles. The molecular weight excluding hydrogens is 574 g/mol. The highest BCUT2D eigenvalue weighted by Crippen LogP contribution is 2.27. The van der Waals surface area contributed by atoms with Crippen molar-refractivity contribution in [2.24, 2.45) is 0 Å². The van der Waals surface area contributed by atoms with Crippen LogP contribution < -0.4 is 19.1 Å². The standard InChI is InChI=1S/C28H26ClN3O6S2/c1-20-26(29)9-6-10-27(20)31-39(34,35)24-15-11-21(12-16-24)30-28(33)19-32(22-7-4-3-5-8-22)40(36,37)25-17-13-23(38-2)14-18-25/h3-18,31H,19H2,1-2H3,(H,30,33). The van der Waals surface area contributed by atoms with Gasteiger partial charge in [-0.2, -0.15) is 0 Å². The maximum Gasteiger partial charge on any atom is 0.264 e. The number of benzene rings is 4. The molecule has 208 valence electrons. The Morgan fingerprint density at radius 2 is 1.45 bits per heavy atom. The minimum atomic E-state index is -4.11. The van der Waals surface area contributed by atoms with Gasteiger partial charge in [-0.25, -0.2) is 16.8 Å². The van der Waals surface area contributed by atoms with Crippen LogP contribution in [-0.4, -0.2) is 36.4 Å². The number of halogens is 1. The zero-order chi connectivity index (χ0) is 28.9. The van der Waals surface area contributed by atoms with Crippen LogP contribution in [0.4, 0.5) is 17.1 Å². The Balaban J connectivity index is 1.52. The molecule has 0 aliphatic rings. The molecule has 0 saturated carbocycles. The van der Waals surface area contributed by atoms with Crippen LogP contribution in [0.5, 0.6) is 5.75 Å². The number of anilines is 3. The number of methoxy groups -OCH3 is 1. The Morgan fingerprint density at radius 3 is 2.08 bits per heavy atom. The van der Waals surface area contributed by atoms with Crippen LogP contribution in [0.15, 0.2) is 107 Å². The molecule has 0 saturated heterocycles. The lowest BCUT2D eigenvalue weighted by Gasteiger charge is -2.24. The highest BCUT2D eigenvalue weighted by atomic mass is 35.5. The summed E-state index contributed by atoms with van der Waals surface area (Å²) in [5.41, 5.74) is 1.53. The number of nitrogens with one attached hydrogen (secondary N) is 2. The Hall–Kier alpha value is -4.06. The molecule has 9 nitrogen and oxygen atoms in total. The third-order valence-electron chi connectivity index (χ3n) is 5.94. The fourth-order valence-corrected chi connectivity index (χ4v) is 6.47. The molecule has 0 bridgehead atoms. The highest BCUT2D eigenvalue weighted by Gasteiger charge is 2.27. The van der Waals surface area contributed by atoms with E-state index in [9.17, 15) is 21.6 Å². The van der Waals surface area contributed by atoms with Crippen LogP contribution in [0.2, 0.25) is 5.02 Å². The lowest BCUT2D eigenvalue weighted by molar-refractivity contribution is -0.114.